The molecule has 0 aliphatic carbocycles. The van der Waals surface area contributed by atoms with E-state index in [1.807, 2.05) is 33.2 Å². The summed E-state index contributed by atoms with van der Waals surface area (Å²) in [5, 5.41) is 19.3. The molecule has 0 radical (unpaired) electrons. The van der Waals surface area contributed by atoms with Crippen molar-refractivity contribution in [3.63, 3.8) is 0 Å². The van der Waals surface area contributed by atoms with Gasteiger partial charge in [-0.25, -0.2) is 4.39 Å². The molecule has 8 nitrogen and oxygen atoms in total. The Bertz CT molecular complexity index is 1220. The fourth-order valence-electron chi connectivity index (χ4n) is 3.87. The number of hydrogen-bond donors (Lipinski definition) is 3. The van der Waals surface area contributed by atoms with E-state index in [1.165, 1.54) is 19.1 Å². The van der Waals surface area contributed by atoms with E-state index in [0.29, 0.717) is 12.0 Å². The first-order chi connectivity index (χ1) is 16.9. The lowest BCUT2D eigenvalue weighted by Crippen LogP contribution is -2.54. The van der Waals surface area contributed by atoms with E-state index in [2.05, 4.69) is 15.7 Å². The van der Waals surface area contributed by atoms with Gasteiger partial charge < -0.3 is 15.7 Å². The van der Waals surface area contributed by atoms with E-state index >= 15 is 0 Å². The summed E-state index contributed by atoms with van der Waals surface area (Å²) in [6, 6.07) is 13.6. The second-order valence-corrected chi connectivity index (χ2v) is 9.63. The van der Waals surface area contributed by atoms with Crippen LogP contribution in [0.3, 0.4) is 0 Å². The van der Waals surface area contributed by atoms with Crippen LogP contribution in [0, 0.1) is 11.7 Å². The number of carboxylic acids is 1. The van der Waals surface area contributed by atoms with E-state index in [0.717, 1.165) is 16.8 Å². The van der Waals surface area contributed by atoms with Gasteiger partial charge in [0.1, 0.15) is 11.9 Å². The van der Waals surface area contributed by atoms with Crippen LogP contribution in [0.25, 0.3) is 11.3 Å². The van der Waals surface area contributed by atoms with Crippen molar-refractivity contribution in [1.82, 2.24) is 20.4 Å². The number of rotatable bonds is 10. The largest absolute Gasteiger partial charge is 0.481 e. The molecule has 0 spiro atoms. The van der Waals surface area contributed by atoms with E-state index in [9.17, 15) is 23.9 Å². The smallest absolute Gasteiger partial charge is 0.306 e. The van der Waals surface area contributed by atoms with Gasteiger partial charge in [-0.15, -0.1) is 0 Å². The summed E-state index contributed by atoms with van der Waals surface area (Å²) >= 11 is 0. The topological polar surface area (TPSA) is 113 Å². The maximum Gasteiger partial charge on any atom is 0.306 e. The number of benzene rings is 2. The maximum atomic E-state index is 13.2. The number of halogens is 1. The monoisotopic (exact) mass is 494 g/mol. The molecule has 3 rings (SSSR count). The maximum absolute atomic E-state index is 13.2. The van der Waals surface area contributed by atoms with Crippen LogP contribution < -0.4 is 10.6 Å². The Balaban J connectivity index is 1.72. The molecule has 0 fully saturated rings. The van der Waals surface area contributed by atoms with Crippen LogP contribution in [-0.2, 0) is 23.1 Å². The van der Waals surface area contributed by atoms with Gasteiger partial charge in [-0.2, -0.15) is 5.10 Å². The zero-order valence-corrected chi connectivity index (χ0v) is 20.8. The predicted molar refractivity (Wildman–Crippen MR) is 134 cm³/mol. The van der Waals surface area contributed by atoms with Crippen LogP contribution in [0.1, 0.15) is 43.1 Å². The number of nitrogens with zero attached hydrogens (tertiary/aromatic N) is 2. The molecule has 1 aromatic heterocycles. The van der Waals surface area contributed by atoms with Crippen molar-refractivity contribution < 1.29 is 23.9 Å². The molecular weight excluding hydrogens is 463 g/mol. The van der Waals surface area contributed by atoms with Gasteiger partial charge >= 0.3 is 5.97 Å². The minimum absolute atomic E-state index is 0.0778. The van der Waals surface area contributed by atoms with Gasteiger partial charge in [-0.3, -0.25) is 19.1 Å². The van der Waals surface area contributed by atoms with Crippen molar-refractivity contribution in [1.29, 1.82) is 0 Å². The van der Waals surface area contributed by atoms with E-state index in [1.54, 1.807) is 41.1 Å². The summed E-state index contributed by atoms with van der Waals surface area (Å²) in [6.45, 7) is 5.11. The van der Waals surface area contributed by atoms with E-state index in [-0.39, 0.29) is 12.2 Å². The van der Waals surface area contributed by atoms with Gasteiger partial charge in [0.15, 0.2) is 0 Å². The van der Waals surface area contributed by atoms with E-state index < -0.39 is 35.3 Å². The van der Waals surface area contributed by atoms with Crippen molar-refractivity contribution in [2.45, 2.75) is 45.2 Å². The normalized spacial score (nSPS) is 13.0. The number of carboxylic acid groups (broad SMARTS) is 1. The Labute approximate surface area is 209 Å². The highest BCUT2D eigenvalue weighted by Crippen LogP contribution is 2.18. The predicted octanol–water partition coefficient (Wildman–Crippen LogP) is 3.57. The average molecular weight is 495 g/mol. The molecule has 0 aliphatic heterocycles. The minimum Gasteiger partial charge on any atom is -0.481 e. The van der Waals surface area contributed by atoms with Crippen molar-refractivity contribution in [3.8, 4) is 11.3 Å². The third kappa shape index (κ3) is 7.24. The number of aromatic nitrogens is 2. The molecule has 2 atom stereocenters. The second-order valence-electron chi connectivity index (χ2n) is 9.63. The first kappa shape index (κ1) is 26.6. The Morgan fingerprint density at radius 2 is 1.69 bits per heavy atom. The Hall–Kier alpha value is -4.01. The molecule has 0 aliphatic rings. The number of carbonyl (C=O) groups excluding carboxylic acids is 2. The number of aryl methyl sites for hydroxylation is 1. The molecule has 0 saturated carbocycles. The van der Waals surface area contributed by atoms with Crippen molar-refractivity contribution in [2.24, 2.45) is 13.0 Å². The summed E-state index contributed by atoms with van der Waals surface area (Å²) in [6.07, 6.45) is 2.16. The number of carbonyl (C=O) groups is 3. The summed E-state index contributed by atoms with van der Waals surface area (Å²) in [5.74, 6) is -3.25. The van der Waals surface area contributed by atoms with Gasteiger partial charge in [0.05, 0.1) is 11.6 Å². The average Bonchev–Trinajstić information content (AvgIpc) is 3.25. The van der Waals surface area contributed by atoms with Crippen LogP contribution in [-0.4, -0.2) is 44.3 Å². The van der Waals surface area contributed by atoms with Crippen LogP contribution in [0.4, 0.5) is 4.39 Å². The summed E-state index contributed by atoms with van der Waals surface area (Å²) in [7, 11) is 1.82. The van der Waals surface area contributed by atoms with Gasteiger partial charge in [0.2, 0.25) is 5.91 Å². The minimum atomic E-state index is -1.06. The summed E-state index contributed by atoms with van der Waals surface area (Å²) in [5.41, 5.74) is 2.04. The fourth-order valence-corrected chi connectivity index (χ4v) is 3.87. The fraction of sp³-hybridized carbons (Fsp3) is 0.333. The quantitative estimate of drug-likeness (QED) is 0.399. The van der Waals surface area contributed by atoms with Crippen LogP contribution >= 0.6 is 0 Å². The highest BCUT2D eigenvalue weighted by molar-refractivity contribution is 5.98. The zero-order valence-electron chi connectivity index (χ0n) is 20.8. The molecule has 0 saturated heterocycles. The first-order valence-corrected chi connectivity index (χ1v) is 11.6. The van der Waals surface area contributed by atoms with Crippen LogP contribution in [0.15, 0.2) is 60.8 Å². The molecular formula is C27H31FN4O4. The molecule has 2 aromatic carbocycles. The Kier molecular flexibility index (Phi) is 8.24. The molecule has 0 bridgehead atoms. The summed E-state index contributed by atoms with van der Waals surface area (Å²) < 4.78 is 14.9. The standard InChI is InChI=1S/C27H31FN4O4/c1-17(26(35)36)15-23(25(34)30-27(2,3)16-18-5-11-21(28)12-6-18)29-24(33)20-9-7-19(8-10-20)22-13-14-32(4)31-22/h5-14,17,23H,15-16H2,1-4H3,(H,29,33)(H,30,34)(H,35,36)/t17-,23-/m0/s1. The van der Waals surface area contributed by atoms with Crippen molar-refractivity contribution in [3.05, 3.63) is 77.7 Å². The SMILES string of the molecule is C[C@@H](C[C@H](NC(=O)c1ccc(-c2ccn(C)n2)cc1)C(=O)NC(C)(C)Cc1ccc(F)cc1)C(=O)O. The van der Waals surface area contributed by atoms with Crippen molar-refractivity contribution >= 4 is 17.8 Å². The van der Waals surface area contributed by atoms with Gasteiger partial charge in [-0.05, 0) is 62.6 Å². The summed E-state index contributed by atoms with van der Waals surface area (Å²) in [4.78, 5) is 37.6. The molecule has 9 heteroatoms. The molecule has 2 amide bonds. The lowest BCUT2D eigenvalue weighted by atomic mass is 9.93. The second kappa shape index (κ2) is 11.2. The van der Waals surface area contributed by atoms with Gasteiger partial charge in [0.25, 0.3) is 5.91 Å². The molecule has 36 heavy (non-hydrogen) atoms. The number of nitrogens with one attached hydrogen (secondary N) is 2. The molecule has 3 aromatic rings. The third-order valence-electron chi connectivity index (χ3n) is 5.81. The lowest BCUT2D eigenvalue weighted by Gasteiger charge is -2.30. The van der Waals surface area contributed by atoms with Crippen LogP contribution in [0.5, 0.6) is 0 Å². The van der Waals surface area contributed by atoms with E-state index in [4.69, 9.17) is 0 Å². The van der Waals surface area contributed by atoms with Crippen molar-refractivity contribution in [2.75, 3.05) is 0 Å². The molecule has 190 valence electrons. The van der Waals surface area contributed by atoms with Crippen LogP contribution in [0.2, 0.25) is 0 Å². The molecule has 0 unspecified atom stereocenters. The number of hydrogen-bond acceptors (Lipinski definition) is 4. The highest BCUT2D eigenvalue weighted by Gasteiger charge is 2.30. The highest BCUT2D eigenvalue weighted by atomic mass is 19.1. The lowest BCUT2D eigenvalue weighted by molar-refractivity contribution is -0.141. The zero-order chi connectivity index (χ0) is 26.5. The molecule has 3 N–H and O–H groups in total. The first-order valence-electron chi connectivity index (χ1n) is 11.6. The number of aliphatic carboxylic acids is 1. The van der Waals surface area contributed by atoms with Gasteiger partial charge in [0, 0.05) is 29.9 Å². The third-order valence-corrected chi connectivity index (χ3v) is 5.81. The Morgan fingerprint density at radius 1 is 1.06 bits per heavy atom. The molecule has 1 heterocycles. The van der Waals surface area contributed by atoms with Gasteiger partial charge in [-0.1, -0.05) is 31.2 Å². The Morgan fingerprint density at radius 3 is 2.25 bits per heavy atom. The number of amides is 2.